The number of hydrogen-bond donors (Lipinski definition) is 2. The predicted molar refractivity (Wildman–Crippen MR) is 123 cm³/mol. The summed E-state index contributed by atoms with van der Waals surface area (Å²) in [6.45, 7) is 3.69. The number of nitrogens with zero attached hydrogens (tertiary/aromatic N) is 2. The molecular formula is C24H32N4O3. The third-order valence-corrected chi connectivity index (χ3v) is 6.08. The van der Waals surface area contributed by atoms with E-state index in [1.54, 1.807) is 14.2 Å². The smallest absolute Gasteiger partial charge is 0.193 e. The van der Waals surface area contributed by atoms with Gasteiger partial charge >= 0.3 is 0 Å². The molecule has 0 saturated carbocycles. The molecule has 1 aliphatic carbocycles. The van der Waals surface area contributed by atoms with Gasteiger partial charge in [-0.2, -0.15) is 0 Å². The monoisotopic (exact) mass is 424 g/mol. The fourth-order valence-corrected chi connectivity index (χ4v) is 4.40. The highest BCUT2D eigenvalue weighted by Crippen LogP contribution is 2.32. The van der Waals surface area contributed by atoms with Gasteiger partial charge in [0.05, 0.1) is 40.0 Å². The number of hydrogen-bond acceptors (Lipinski definition) is 5. The van der Waals surface area contributed by atoms with Crippen LogP contribution in [-0.2, 0) is 17.6 Å². The van der Waals surface area contributed by atoms with Crippen LogP contribution >= 0.6 is 0 Å². The first-order valence-corrected chi connectivity index (χ1v) is 10.9. The number of nitrogens with one attached hydrogen (secondary N) is 1. The molecule has 0 bridgehead atoms. The maximum Gasteiger partial charge on any atom is 0.193 e. The lowest BCUT2D eigenvalue weighted by molar-refractivity contribution is 0.0179. The molecular weight excluding hydrogens is 392 g/mol. The average molecular weight is 425 g/mol. The number of morpholine rings is 1. The second-order valence-electron chi connectivity index (χ2n) is 7.97. The lowest BCUT2D eigenvalue weighted by Gasteiger charge is -2.34. The SMILES string of the molecule is COc1ccc(C(CN=C(N)Nc2ccc3c(c2)CCC3)N2CCOCC2)cc1OC. The zero-order valence-corrected chi connectivity index (χ0v) is 18.4. The van der Waals surface area contributed by atoms with E-state index in [-0.39, 0.29) is 6.04 Å². The molecule has 2 aromatic rings. The topological polar surface area (TPSA) is 81.3 Å². The number of rotatable bonds is 7. The van der Waals surface area contributed by atoms with Crippen molar-refractivity contribution >= 4 is 11.6 Å². The molecule has 0 spiro atoms. The van der Waals surface area contributed by atoms with E-state index in [0.29, 0.717) is 24.0 Å². The van der Waals surface area contributed by atoms with Crippen molar-refractivity contribution in [3.8, 4) is 11.5 Å². The third kappa shape index (κ3) is 5.11. The predicted octanol–water partition coefficient (Wildman–Crippen LogP) is 2.99. The summed E-state index contributed by atoms with van der Waals surface area (Å²) in [7, 11) is 3.30. The van der Waals surface area contributed by atoms with Gasteiger partial charge in [0.25, 0.3) is 0 Å². The van der Waals surface area contributed by atoms with E-state index in [9.17, 15) is 0 Å². The number of fused-ring (bicyclic) bond motifs is 1. The standard InChI is InChI=1S/C24H32N4O3/c1-29-22-9-7-19(15-23(22)30-2)21(28-10-12-31-13-11-28)16-26-24(25)27-20-8-6-17-4-3-5-18(17)14-20/h6-9,14-15,21H,3-5,10-13,16H2,1-2H3,(H3,25,26,27). The number of methoxy groups -OCH3 is 2. The number of benzene rings is 2. The first-order valence-electron chi connectivity index (χ1n) is 10.9. The van der Waals surface area contributed by atoms with E-state index < -0.39 is 0 Å². The molecule has 3 N–H and O–H groups in total. The van der Waals surface area contributed by atoms with Crippen molar-refractivity contribution in [2.24, 2.45) is 10.7 Å². The van der Waals surface area contributed by atoms with Crippen LogP contribution in [0.2, 0.25) is 0 Å². The van der Waals surface area contributed by atoms with Gasteiger partial charge < -0.3 is 25.3 Å². The molecule has 31 heavy (non-hydrogen) atoms. The Morgan fingerprint density at radius 1 is 1.06 bits per heavy atom. The Labute approximate surface area is 184 Å². The highest BCUT2D eigenvalue weighted by molar-refractivity contribution is 5.92. The Morgan fingerprint density at radius 2 is 1.84 bits per heavy atom. The molecule has 2 aromatic carbocycles. The molecule has 1 unspecified atom stereocenters. The summed E-state index contributed by atoms with van der Waals surface area (Å²) in [4.78, 5) is 7.08. The number of anilines is 1. The summed E-state index contributed by atoms with van der Waals surface area (Å²) < 4.78 is 16.5. The molecule has 1 heterocycles. The summed E-state index contributed by atoms with van der Waals surface area (Å²) in [5.41, 5.74) is 11.2. The van der Waals surface area contributed by atoms with Crippen molar-refractivity contribution in [1.82, 2.24) is 4.90 Å². The van der Waals surface area contributed by atoms with Crippen molar-refractivity contribution in [2.75, 3.05) is 52.4 Å². The molecule has 0 radical (unpaired) electrons. The zero-order chi connectivity index (χ0) is 21.6. The summed E-state index contributed by atoms with van der Waals surface area (Å²) in [5.74, 6) is 1.86. The van der Waals surface area contributed by atoms with Gasteiger partial charge in [-0.25, -0.2) is 0 Å². The quantitative estimate of drug-likeness (QED) is 0.525. The Bertz CT molecular complexity index is 925. The second kappa shape index (κ2) is 10.0. The number of guanidine groups is 1. The molecule has 7 nitrogen and oxygen atoms in total. The van der Waals surface area contributed by atoms with Crippen LogP contribution in [0.4, 0.5) is 5.69 Å². The lowest BCUT2D eigenvalue weighted by atomic mass is 10.0. The molecule has 2 aliphatic rings. The number of nitrogens with two attached hydrogens (primary N) is 1. The summed E-state index contributed by atoms with van der Waals surface area (Å²) in [5, 5.41) is 3.26. The Morgan fingerprint density at radius 3 is 2.61 bits per heavy atom. The van der Waals surface area contributed by atoms with Crippen molar-refractivity contribution in [3.05, 3.63) is 53.1 Å². The summed E-state index contributed by atoms with van der Waals surface area (Å²) in [6, 6.07) is 12.6. The maximum absolute atomic E-state index is 6.26. The van der Waals surface area contributed by atoms with Gasteiger partial charge in [0.15, 0.2) is 17.5 Å². The largest absolute Gasteiger partial charge is 0.493 e. The van der Waals surface area contributed by atoms with Crippen LogP contribution in [0.5, 0.6) is 11.5 Å². The van der Waals surface area contributed by atoms with Crippen LogP contribution in [0.3, 0.4) is 0 Å². The van der Waals surface area contributed by atoms with E-state index in [4.69, 9.17) is 24.9 Å². The average Bonchev–Trinajstić information content (AvgIpc) is 3.27. The molecule has 4 rings (SSSR count). The molecule has 0 aromatic heterocycles. The van der Waals surface area contributed by atoms with Crippen molar-refractivity contribution in [1.29, 1.82) is 0 Å². The number of aliphatic imine (C=N–C) groups is 1. The molecule has 166 valence electrons. The number of ether oxygens (including phenoxy) is 3. The Hall–Kier alpha value is -2.77. The van der Waals surface area contributed by atoms with Gasteiger partial charge in [-0.1, -0.05) is 12.1 Å². The van der Waals surface area contributed by atoms with Crippen molar-refractivity contribution < 1.29 is 14.2 Å². The van der Waals surface area contributed by atoms with E-state index in [0.717, 1.165) is 44.0 Å². The van der Waals surface area contributed by atoms with E-state index >= 15 is 0 Å². The second-order valence-corrected chi connectivity index (χ2v) is 7.97. The fourth-order valence-electron chi connectivity index (χ4n) is 4.40. The van der Waals surface area contributed by atoms with Crippen LogP contribution in [0, 0.1) is 0 Å². The Balaban J connectivity index is 1.51. The van der Waals surface area contributed by atoms with Crippen LogP contribution in [-0.4, -0.2) is 57.9 Å². The minimum absolute atomic E-state index is 0.0732. The van der Waals surface area contributed by atoms with Gasteiger partial charge in [-0.05, 0) is 60.2 Å². The van der Waals surface area contributed by atoms with E-state index in [1.807, 2.05) is 12.1 Å². The van der Waals surface area contributed by atoms with E-state index in [2.05, 4.69) is 34.5 Å². The molecule has 1 atom stereocenters. The fraction of sp³-hybridized carbons (Fsp3) is 0.458. The van der Waals surface area contributed by atoms with Gasteiger partial charge in [-0.3, -0.25) is 9.89 Å². The van der Waals surface area contributed by atoms with Gasteiger partial charge in [-0.15, -0.1) is 0 Å². The van der Waals surface area contributed by atoms with Crippen molar-refractivity contribution in [2.45, 2.75) is 25.3 Å². The molecule has 1 aliphatic heterocycles. The minimum atomic E-state index is 0.0732. The lowest BCUT2D eigenvalue weighted by Crippen LogP contribution is -2.40. The normalized spacial score (nSPS) is 17.8. The Kier molecular flexibility index (Phi) is 6.94. The van der Waals surface area contributed by atoms with Crippen LogP contribution in [0.25, 0.3) is 0 Å². The van der Waals surface area contributed by atoms with Gasteiger partial charge in [0.2, 0.25) is 0 Å². The third-order valence-electron chi connectivity index (χ3n) is 6.08. The van der Waals surface area contributed by atoms with Crippen LogP contribution in [0.1, 0.15) is 29.2 Å². The van der Waals surface area contributed by atoms with Gasteiger partial charge in [0.1, 0.15) is 0 Å². The molecule has 0 amide bonds. The molecule has 1 saturated heterocycles. The van der Waals surface area contributed by atoms with Gasteiger partial charge in [0, 0.05) is 18.8 Å². The highest BCUT2D eigenvalue weighted by Gasteiger charge is 2.24. The highest BCUT2D eigenvalue weighted by atomic mass is 16.5. The van der Waals surface area contributed by atoms with E-state index in [1.165, 1.54) is 24.0 Å². The van der Waals surface area contributed by atoms with Crippen molar-refractivity contribution in [3.63, 3.8) is 0 Å². The maximum atomic E-state index is 6.26. The number of aryl methyl sites for hydroxylation is 2. The van der Waals surface area contributed by atoms with Crippen LogP contribution < -0.4 is 20.5 Å². The zero-order valence-electron chi connectivity index (χ0n) is 18.4. The molecule has 1 fully saturated rings. The van der Waals surface area contributed by atoms with Crippen LogP contribution in [0.15, 0.2) is 41.4 Å². The minimum Gasteiger partial charge on any atom is -0.493 e. The first-order chi connectivity index (χ1) is 15.2. The first kappa shape index (κ1) is 21.5. The molecule has 7 heteroatoms. The summed E-state index contributed by atoms with van der Waals surface area (Å²) >= 11 is 0. The summed E-state index contributed by atoms with van der Waals surface area (Å²) in [6.07, 6.45) is 3.54.